The van der Waals surface area contributed by atoms with Gasteiger partial charge in [-0.15, -0.1) is 0 Å². The predicted molar refractivity (Wildman–Crippen MR) is 95.6 cm³/mol. The summed E-state index contributed by atoms with van der Waals surface area (Å²) in [5.41, 5.74) is -0.429. The number of hydrogen-bond donors (Lipinski definition) is 2. The van der Waals surface area contributed by atoms with E-state index in [0.717, 1.165) is 0 Å². The van der Waals surface area contributed by atoms with E-state index < -0.39 is 11.0 Å². The van der Waals surface area contributed by atoms with Crippen molar-refractivity contribution < 1.29 is 9.90 Å². The molecule has 3 rings (SSSR count). The lowest BCUT2D eigenvalue weighted by molar-refractivity contribution is 0.0682. The normalized spacial score (nSPS) is 16.5. The first-order valence-electron chi connectivity index (χ1n) is 8.10. The number of amides is 1. The average Bonchev–Trinajstić information content (AvgIpc) is 3.44. The highest BCUT2D eigenvalue weighted by Gasteiger charge is 2.56. The molecule has 0 saturated heterocycles. The van der Waals surface area contributed by atoms with Crippen LogP contribution in [0.3, 0.4) is 0 Å². The standard InChI is InChI=1S/C21H18N2O2/c1-20(25,21(15-22)13-14-21)12-11-16-7-5-6-10-18(16)23-19(24)17-8-3-2-4-9-17/h2-10,25H,13-14H2,1H3,(H,23,24)/t20-/m1/s1. The molecule has 0 aliphatic heterocycles. The number of benzene rings is 2. The van der Waals surface area contributed by atoms with Crippen molar-refractivity contribution in [1.82, 2.24) is 0 Å². The highest BCUT2D eigenvalue weighted by Crippen LogP contribution is 2.53. The molecule has 0 aromatic heterocycles. The summed E-state index contributed by atoms with van der Waals surface area (Å²) in [5.74, 6) is 5.51. The minimum absolute atomic E-state index is 0.225. The van der Waals surface area contributed by atoms with Gasteiger partial charge in [0, 0.05) is 11.1 Å². The fourth-order valence-corrected chi connectivity index (χ4v) is 2.63. The summed E-state index contributed by atoms with van der Waals surface area (Å²) in [6, 6.07) is 18.2. The molecule has 1 aliphatic rings. The fraction of sp³-hybridized carbons (Fsp3) is 0.238. The summed E-state index contributed by atoms with van der Waals surface area (Å²) in [6.45, 7) is 1.57. The predicted octanol–water partition coefficient (Wildman–Crippen LogP) is 3.35. The fourth-order valence-electron chi connectivity index (χ4n) is 2.63. The largest absolute Gasteiger partial charge is 0.376 e. The molecular weight excluding hydrogens is 312 g/mol. The molecule has 0 spiro atoms. The number of aliphatic hydroxyl groups is 1. The maximum absolute atomic E-state index is 12.3. The monoisotopic (exact) mass is 330 g/mol. The van der Waals surface area contributed by atoms with E-state index in [1.807, 2.05) is 18.2 Å². The van der Waals surface area contributed by atoms with Crippen LogP contribution in [0.1, 0.15) is 35.7 Å². The highest BCUT2D eigenvalue weighted by atomic mass is 16.3. The lowest BCUT2D eigenvalue weighted by Crippen LogP contribution is -2.33. The van der Waals surface area contributed by atoms with Crippen LogP contribution in [0.15, 0.2) is 54.6 Å². The van der Waals surface area contributed by atoms with Crippen LogP contribution in [0.25, 0.3) is 0 Å². The second-order valence-electron chi connectivity index (χ2n) is 6.38. The first-order valence-corrected chi connectivity index (χ1v) is 8.10. The van der Waals surface area contributed by atoms with Crippen LogP contribution in [0.4, 0.5) is 5.69 Å². The number of hydrogen-bond acceptors (Lipinski definition) is 3. The highest BCUT2D eigenvalue weighted by molar-refractivity contribution is 6.04. The number of anilines is 1. The number of carbonyl (C=O) groups excluding carboxylic acids is 1. The Morgan fingerprint density at radius 3 is 2.44 bits per heavy atom. The summed E-state index contributed by atoms with van der Waals surface area (Å²) in [6.07, 6.45) is 1.30. The number of nitrogens with zero attached hydrogens (tertiary/aromatic N) is 1. The molecule has 1 saturated carbocycles. The van der Waals surface area contributed by atoms with Crippen molar-refractivity contribution in [2.75, 3.05) is 5.32 Å². The molecule has 1 aliphatic carbocycles. The molecule has 0 heterocycles. The first-order chi connectivity index (χ1) is 12.0. The Morgan fingerprint density at radius 1 is 1.16 bits per heavy atom. The minimum atomic E-state index is -1.38. The summed E-state index contributed by atoms with van der Waals surface area (Å²) < 4.78 is 0. The van der Waals surface area contributed by atoms with Crippen molar-refractivity contribution in [2.24, 2.45) is 5.41 Å². The van der Waals surface area contributed by atoms with Gasteiger partial charge in [-0.25, -0.2) is 0 Å². The Hall–Kier alpha value is -3.08. The van der Waals surface area contributed by atoms with E-state index in [-0.39, 0.29) is 5.91 Å². The van der Waals surface area contributed by atoms with Crippen molar-refractivity contribution in [2.45, 2.75) is 25.4 Å². The van der Waals surface area contributed by atoms with E-state index in [9.17, 15) is 15.2 Å². The number of carbonyl (C=O) groups is 1. The van der Waals surface area contributed by atoms with Crippen LogP contribution in [0.2, 0.25) is 0 Å². The number of rotatable bonds is 3. The van der Waals surface area contributed by atoms with Gasteiger partial charge in [0.1, 0.15) is 5.60 Å². The van der Waals surface area contributed by atoms with Gasteiger partial charge in [-0.3, -0.25) is 4.79 Å². The molecule has 2 aromatic carbocycles. The van der Waals surface area contributed by atoms with Crippen molar-refractivity contribution in [3.05, 3.63) is 65.7 Å². The van der Waals surface area contributed by atoms with Gasteiger partial charge in [-0.2, -0.15) is 5.26 Å². The summed E-state index contributed by atoms with van der Waals surface area (Å²) in [7, 11) is 0. The van der Waals surface area contributed by atoms with Crippen molar-refractivity contribution in [3.8, 4) is 17.9 Å². The molecule has 2 N–H and O–H groups in total. The summed E-state index contributed by atoms with van der Waals surface area (Å²) >= 11 is 0. The third-order valence-corrected chi connectivity index (χ3v) is 4.55. The number of nitrogens with one attached hydrogen (secondary N) is 1. The Labute approximate surface area is 147 Å². The second kappa shape index (κ2) is 6.43. The van der Waals surface area contributed by atoms with Crippen molar-refractivity contribution in [3.63, 3.8) is 0 Å². The third-order valence-electron chi connectivity index (χ3n) is 4.55. The van der Waals surface area contributed by atoms with Gasteiger partial charge in [0.2, 0.25) is 0 Å². The molecule has 25 heavy (non-hydrogen) atoms. The summed E-state index contributed by atoms with van der Waals surface area (Å²) in [4.78, 5) is 12.3. The smallest absolute Gasteiger partial charge is 0.255 e. The molecule has 0 unspecified atom stereocenters. The second-order valence-corrected chi connectivity index (χ2v) is 6.38. The minimum Gasteiger partial charge on any atom is -0.376 e. The lowest BCUT2D eigenvalue weighted by atomic mass is 9.87. The van der Waals surface area contributed by atoms with Gasteiger partial charge in [0.15, 0.2) is 0 Å². The van der Waals surface area contributed by atoms with Crippen LogP contribution in [-0.4, -0.2) is 16.6 Å². The van der Waals surface area contributed by atoms with Crippen LogP contribution in [0.5, 0.6) is 0 Å². The third kappa shape index (κ3) is 3.40. The molecule has 4 heteroatoms. The zero-order chi connectivity index (χ0) is 17.9. The van der Waals surface area contributed by atoms with E-state index in [1.54, 1.807) is 43.3 Å². The van der Waals surface area contributed by atoms with Gasteiger partial charge in [0.25, 0.3) is 5.91 Å². The molecule has 2 aromatic rings. The molecule has 124 valence electrons. The Morgan fingerprint density at radius 2 is 1.80 bits per heavy atom. The average molecular weight is 330 g/mol. The molecule has 1 fully saturated rings. The van der Waals surface area contributed by atoms with Crippen LogP contribution in [-0.2, 0) is 0 Å². The maximum atomic E-state index is 12.3. The van der Waals surface area contributed by atoms with Crippen LogP contribution in [0, 0.1) is 28.6 Å². The maximum Gasteiger partial charge on any atom is 0.255 e. The molecule has 0 bridgehead atoms. The van der Waals surface area contributed by atoms with Gasteiger partial charge in [0.05, 0.1) is 17.2 Å². The Bertz CT molecular complexity index is 895. The lowest BCUT2D eigenvalue weighted by Gasteiger charge is -2.21. The molecule has 1 amide bonds. The van der Waals surface area contributed by atoms with E-state index in [4.69, 9.17) is 0 Å². The van der Waals surface area contributed by atoms with E-state index in [0.29, 0.717) is 29.7 Å². The summed E-state index contributed by atoms with van der Waals surface area (Å²) in [5, 5.41) is 22.6. The van der Waals surface area contributed by atoms with Crippen LogP contribution >= 0.6 is 0 Å². The van der Waals surface area contributed by atoms with Gasteiger partial charge in [-0.05, 0) is 44.0 Å². The first kappa shape index (κ1) is 16.8. The molecule has 4 nitrogen and oxygen atoms in total. The SMILES string of the molecule is C[C@@](O)(C#Cc1ccccc1NC(=O)c1ccccc1)C1(C#N)CC1. The Balaban J connectivity index is 1.85. The molecule has 1 atom stereocenters. The number of para-hydroxylation sites is 1. The topological polar surface area (TPSA) is 73.1 Å². The van der Waals surface area contributed by atoms with Gasteiger partial charge < -0.3 is 10.4 Å². The van der Waals surface area contributed by atoms with Crippen molar-refractivity contribution >= 4 is 11.6 Å². The molecular formula is C21H18N2O2. The molecule has 0 radical (unpaired) electrons. The quantitative estimate of drug-likeness (QED) is 0.848. The van der Waals surface area contributed by atoms with E-state index >= 15 is 0 Å². The van der Waals surface area contributed by atoms with Gasteiger partial charge in [-0.1, -0.05) is 42.2 Å². The van der Waals surface area contributed by atoms with E-state index in [2.05, 4.69) is 23.2 Å². The van der Waals surface area contributed by atoms with Gasteiger partial charge >= 0.3 is 0 Å². The zero-order valence-electron chi connectivity index (χ0n) is 13.9. The van der Waals surface area contributed by atoms with E-state index in [1.165, 1.54) is 0 Å². The van der Waals surface area contributed by atoms with Crippen LogP contribution < -0.4 is 5.32 Å². The zero-order valence-corrected chi connectivity index (χ0v) is 13.9. The Kier molecular flexibility index (Phi) is 4.31. The number of nitriles is 1. The van der Waals surface area contributed by atoms with Crippen molar-refractivity contribution in [1.29, 1.82) is 5.26 Å².